The third-order valence-electron chi connectivity index (χ3n) is 2.71. The maximum atomic E-state index is 12.0. The number of benzene rings is 2. The Morgan fingerprint density at radius 3 is 2.10 bits per heavy atom. The van der Waals surface area contributed by atoms with Gasteiger partial charge in [-0.1, -0.05) is 48.5 Å². The van der Waals surface area contributed by atoms with Gasteiger partial charge in [0.25, 0.3) is 0 Å². The van der Waals surface area contributed by atoms with E-state index in [0.717, 1.165) is 0 Å². The van der Waals surface area contributed by atoms with Gasteiger partial charge in [-0.25, -0.2) is 8.42 Å². The van der Waals surface area contributed by atoms with Crippen LogP contribution in [0.5, 0.6) is 0 Å². The lowest BCUT2D eigenvalue weighted by atomic mass is 10.1. The number of hydrogen-bond donors (Lipinski definition) is 0. The van der Waals surface area contributed by atoms with E-state index in [0.29, 0.717) is 5.56 Å². The van der Waals surface area contributed by atoms with Crippen LogP contribution in [0.3, 0.4) is 0 Å². The molecule has 0 unspecified atom stereocenters. The molecule has 0 fully saturated rings. The Labute approximate surface area is 118 Å². The summed E-state index contributed by atoms with van der Waals surface area (Å²) < 4.78 is 29.3. The van der Waals surface area contributed by atoms with Gasteiger partial charge in [-0.3, -0.25) is 0 Å². The number of hydrogen-bond acceptors (Lipinski definition) is 4. The van der Waals surface area contributed by atoms with Crippen molar-refractivity contribution in [1.29, 1.82) is 5.26 Å². The second kappa shape index (κ2) is 6.33. The molecule has 0 amide bonds. The summed E-state index contributed by atoms with van der Waals surface area (Å²) >= 11 is 0. The Bertz CT molecular complexity index is 691. The highest BCUT2D eigenvalue weighted by Gasteiger charge is 2.18. The molecule has 0 aromatic heterocycles. The van der Waals surface area contributed by atoms with Gasteiger partial charge >= 0.3 is 0 Å². The zero-order chi connectivity index (χ0) is 14.4. The monoisotopic (exact) mass is 287 g/mol. The van der Waals surface area contributed by atoms with Crippen molar-refractivity contribution < 1.29 is 13.2 Å². The van der Waals surface area contributed by atoms with E-state index in [9.17, 15) is 8.42 Å². The van der Waals surface area contributed by atoms with Gasteiger partial charge in [-0.05, 0) is 17.7 Å². The highest BCUT2D eigenvalue weighted by atomic mass is 32.2. The highest BCUT2D eigenvalue weighted by Crippen LogP contribution is 2.19. The normalized spacial score (nSPS) is 12.6. The van der Waals surface area contributed by atoms with Gasteiger partial charge < -0.3 is 4.74 Å². The maximum Gasteiger partial charge on any atom is 0.202 e. The largest absolute Gasteiger partial charge is 0.342 e. The fourth-order valence-electron chi connectivity index (χ4n) is 1.69. The van der Waals surface area contributed by atoms with Gasteiger partial charge in [0.15, 0.2) is 12.0 Å². The first-order valence-corrected chi connectivity index (χ1v) is 7.63. The van der Waals surface area contributed by atoms with Crippen LogP contribution in [0.1, 0.15) is 11.7 Å². The first-order valence-electron chi connectivity index (χ1n) is 5.97. The Morgan fingerprint density at radius 2 is 1.55 bits per heavy atom. The van der Waals surface area contributed by atoms with E-state index in [1.807, 2.05) is 12.1 Å². The maximum absolute atomic E-state index is 12.0. The first kappa shape index (κ1) is 14.3. The standard InChI is InChI=1S/C15H13NO3S/c16-11-15(13-7-3-1-4-8-13)19-12-20(17,18)14-9-5-2-6-10-14/h1-10,15H,12H2/t15-/m0/s1. The van der Waals surface area contributed by atoms with E-state index >= 15 is 0 Å². The van der Waals surface area contributed by atoms with Gasteiger partial charge in [0.1, 0.15) is 0 Å². The second-order valence-corrected chi connectivity index (χ2v) is 6.07. The molecule has 0 radical (unpaired) electrons. The number of ether oxygens (including phenoxy) is 1. The Kier molecular flexibility index (Phi) is 4.51. The minimum Gasteiger partial charge on any atom is -0.342 e. The lowest BCUT2D eigenvalue weighted by Gasteiger charge is -2.11. The number of nitriles is 1. The molecular formula is C15H13NO3S. The molecule has 0 saturated carbocycles. The summed E-state index contributed by atoms with van der Waals surface area (Å²) in [4.78, 5) is 0.185. The van der Waals surface area contributed by atoms with Crippen molar-refractivity contribution in [2.75, 3.05) is 5.94 Å². The van der Waals surface area contributed by atoms with Crippen molar-refractivity contribution in [3.8, 4) is 6.07 Å². The van der Waals surface area contributed by atoms with Crippen LogP contribution in [0.25, 0.3) is 0 Å². The summed E-state index contributed by atoms with van der Waals surface area (Å²) in [7, 11) is -3.55. The third-order valence-corrected chi connectivity index (χ3v) is 4.15. The predicted molar refractivity (Wildman–Crippen MR) is 74.4 cm³/mol. The van der Waals surface area contributed by atoms with Gasteiger partial charge in [0.05, 0.1) is 11.0 Å². The molecule has 102 valence electrons. The quantitative estimate of drug-likeness (QED) is 0.848. The first-order chi connectivity index (χ1) is 9.63. The Balaban J connectivity index is 2.10. The minimum atomic E-state index is -3.55. The molecule has 5 heteroatoms. The van der Waals surface area contributed by atoms with E-state index in [1.54, 1.807) is 42.5 Å². The molecule has 0 aliphatic carbocycles. The van der Waals surface area contributed by atoms with Crippen LogP contribution in [0.15, 0.2) is 65.6 Å². The zero-order valence-corrected chi connectivity index (χ0v) is 11.5. The third kappa shape index (κ3) is 3.44. The summed E-state index contributed by atoms with van der Waals surface area (Å²) in [6, 6.07) is 18.8. The minimum absolute atomic E-state index is 0.185. The molecule has 0 N–H and O–H groups in total. The van der Waals surface area contributed by atoms with Crippen LogP contribution in [-0.4, -0.2) is 14.4 Å². The molecule has 0 aliphatic heterocycles. The van der Waals surface area contributed by atoms with Crippen LogP contribution in [0, 0.1) is 11.3 Å². The van der Waals surface area contributed by atoms with Crippen LogP contribution in [0.2, 0.25) is 0 Å². The molecule has 2 aromatic rings. The fourth-order valence-corrected chi connectivity index (χ4v) is 2.71. The average molecular weight is 287 g/mol. The molecule has 4 nitrogen and oxygen atoms in total. The topological polar surface area (TPSA) is 67.2 Å². The van der Waals surface area contributed by atoms with E-state index < -0.39 is 21.9 Å². The Hall–Kier alpha value is -2.16. The molecule has 2 rings (SSSR count). The lowest BCUT2D eigenvalue weighted by molar-refractivity contribution is 0.129. The van der Waals surface area contributed by atoms with Crippen molar-refractivity contribution >= 4 is 9.84 Å². The molecule has 0 bridgehead atoms. The summed E-state index contributed by atoms with van der Waals surface area (Å²) in [5.74, 6) is -0.524. The van der Waals surface area contributed by atoms with Crippen LogP contribution in [0.4, 0.5) is 0 Å². The van der Waals surface area contributed by atoms with Crippen LogP contribution in [-0.2, 0) is 14.6 Å². The van der Waals surface area contributed by atoms with Crippen LogP contribution >= 0.6 is 0 Å². The summed E-state index contributed by atoms with van der Waals surface area (Å²) in [6.07, 6.45) is -0.894. The van der Waals surface area contributed by atoms with Gasteiger partial charge in [-0.15, -0.1) is 0 Å². The molecule has 2 aromatic carbocycles. The van der Waals surface area contributed by atoms with Crippen molar-refractivity contribution in [2.24, 2.45) is 0 Å². The predicted octanol–water partition coefficient (Wildman–Crippen LogP) is 2.70. The van der Waals surface area contributed by atoms with Crippen LogP contribution < -0.4 is 0 Å². The fraction of sp³-hybridized carbons (Fsp3) is 0.133. The van der Waals surface area contributed by atoms with Crippen molar-refractivity contribution in [3.05, 3.63) is 66.2 Å². The van der Waals surface area contributed by atoms with Crippen molar-refractivity contribution in [2.45, 2.75) is 11.0 Å². The molecule has 0 heterocycles. The second-order valence-electron chi connectivity index (χ2n) is 4.13. The molecule has 20 heavy (non-hydrogen) atoms. The Morgan fingerprint density at radius 1 is 1.00 bits per heavy atom. The summed E-state index contributed by atoms with van der Waals surface area (Å²) in [5, 5.41) is 9.08. The highest BCUT2D eigenvalue weighted by molar-refractivity contribution is 7.91. The number of nitrogens with zero attached hydrogens (tertiary/aromatic N) is 1. The smallest absolute Gasteiger partial charge is 0.202 e. The lowest BCUT2D eigenvalue weighted by Crippen LogP contribution is -2.13. The van der Waals surface area contributed by atoms with E-state index in [-0.39, 0.29) is 4.90 Å². The van der Waals surface area contributed by atoms with Gasteiger partial charge in [-0.2, -0.15) is 5.26 Å². The van der Waals surface area contributed by atoms with Crippen molar-refractivity contribution in [1.82, 2.24) is 0 Å². The van der Waals surface area contributed by atoms with E-state index in [2.05, 4.69) is 0 Å². The van der Waals surface area contributed by atoms with E-state index in [1.165, 1.54) is 12.1 Å². The summed E-state index contributed by atoms with van der Waals surface area (Å²) in [5.41, 5.74) is 0.637. The SMILES string of the molecule is N#C[C@H](OCS(=O)(=O)c1ccccc1)c1ccccc1. The molecule has 0 aliphatic rings. The van der Waals surface area contributed by atoms with Gasteiger partial charge in [0, 0.05) is 0 Å². The van der Waals surface area contributed by atoms with Crippen molar-refractivity contribution in [3.63, 3.8) is 0 Å². The molecule has 0 spiro atoms. The molecular weight excluding hydrogens is 274 g/mol. The molecule has 1 atom stereocenters. The van der Waals surface area contributed by atoms with Gasteiger partial charge in [0.2, 0.25) is 9.84 Å². The average Bonchev–Trinajstić information content (AvgIpc) is 2.50. The summed E-state index contributed by atoms with van der Waals surface area (Å²) in [6.45, 7) is 0. The number of sulfone groups is 1. The zero-order valence-electron chi connectivity index (χ0n) is 10.6. The molecule has 0 saturated heterocycles. The van der Waals surface area contributed by atoms with E-state index in [4.69, 9.17) is 10.00 Å². The number of rotatable bonds is 5.